The van der Waals surface area contributed by atoms with Gasteiger partial charge in [0.1, 0.15) is 0 Å². The molecule has 0 radical (unpaired) electrons. The summed E-state index contributed by atoms with van der Waals surface area (Å²) in [5.74, 6) is 0.958. The fourth-order valence-corrected chi connectivity index (χ4v) is 4.24. The SMILES string of the molecule is CCCCCC1(C2CCC(CCCC)CC2)OCC(C#N)CO1. The van der Waals surface area contributed by atoms with Gasteiger partial charge in [0.05, 0.1) is 25.2 Å². The van der Waals surface area contributed by atoms with Gasteiger partial charge in [0.15, 0.2) is 5.79 Å². The Balaban J connectivity index is 1.91. The summed E-state index contributed by atoms with van der Waals surface area (Å²) in [6.07, 6.45) is 13.8. The van der Waals surface area contributed by atoms with Gasteiger partial charge < -0.3 is 9.47 Å². The molecule has 1 saturated heterocycles. The standard InChI is InChI=1S/C20H35NO2/c1-3-5-7-13-20(22-15-18(14-21)16-23-20)19-11-9-17(10-12-19)8-6-4-2/h17-19H,3-13,15-16H2,1-2H3. The molecule has 0 bridgehead atoms. The van der Waals surface area contributed by atoms with Crippen molar-refractivity contribution in [1.29, 1.82) is 5.26 Å². The number of nitriles is 1. The van der Waals surface area contributed by atoms with Crippen LogP contribution in [0.15, 0.2) is 0 Å². The van der Waals surface area contributed by atoms with E-state index in [2.05, 4.69) is 19.9 Å². The zero-order chi connectivity index (χ0) is 16.5. The van der Waals surface area contributed by atoms with E-state index < -0.39 is 5.79 Å². The van der Waals surface area contributed by atoms with Gasteiger partial charge in [0, 0.05) is 12.3 Å². The van der Waals surface area contributed by atoms with Crippen LogP contribution in [0.25, 0.3) is 0 Å². The average Bonchev–Trinajstić information content (AvgIpc) is 2.61. The molecule has 23 heavy (non-hydrogen) atoms. The van der Waals surface area contributed by atoms with Crippen molar-refractivity contribution in [3.8, 4) is 6.07 Å². The van der Waals surface area contributed by atoms with Gasteiger partial charge in [0.25, 0.3) is 0 Å². The molecule has 0 atom stereocenters. The van der Waals surface area contributed by atoms with Crippen molar-refractivity contribution in [3.05, 3.63) is 0 Å². The molecule has 3 nitrogen and oxygen atoms in total. The second-order valence-electron chi connectivity index (χ2n) is 7.58. The highest BCUT2D eigenvalue weighted by Crippen LogP contribution is 2.44. The van der Waals surface area contributed by atoms with Crippen LogP contribution in [-0.2, 0) is 9.47 Å². The minimum Gasteiger partial charge on any atom is -0.348 e. The van der Waals surface area contributed by atoms with E-state index >= 15 is 0 Å². The maximum absolute atomic E-state index is 9.09. The number of hydrogen-bond donors (Lipinski definition) is 0. The molecular formula is C20H35NO2. The summed E-state index contributed by atoms with van der Waals surface area (Å²) in [5.41, 5.74) is 0. The zero-order valence-electron chi connectivity index (χ0n) is 15.2. The van der Waals surface area contributed by atoms with E-state index in [0.717, 1.165) is 12.3 Å². The predicted molar refractivity (Wildman–Crippen MR) is 92.9 cm³/mol. The van der Waals surface area contributed by atoms with Crippen LogP contribution < -0.4 is 0 Å². The van der Waals surface area contributed by atoms with Crippen LogP contribution in [0.3, 0.4) is 0 Å². The number of unbranched alkanes of at least 4 members (excludes halogenated alkanes) is 3. The first-order chi connectivity index (χ1) is 11.2. The normalized spacial score (nSPS) is 34.9. The van der Waals surface area contributed by atoms with Crippen molar-refractivity contribution < 1.29 is 9.47 Å². The Morgan fingerprint density at radius 3 is 2.17 bits per heavy atom. The molecule has 1 aliphatic heterocycles. The van der Waals surface area contributed by atoms with Crippen LogP contribution in [0.5, 0.6) is 0 Å². The summed E-state index contributed by atoms with van der Waals surface area (Å²) in [4.78, 5) is 0. The Labute approximate surface area is 142 Å². The fourth-order valence-electron chi connectivity index (χ4n) is 4.24. The topological polar surface area (TPSA) is 42.2 Å². The van der Waals surface area contributed by atoms with Crippen molar-refractivity contribution in [2.75, 3.05) is 13.2 Å². The van der Waals surface area contributed by atoms with E-state index in [1.807, 2.05) is 0 Å². The largest absolute Gasteiger partial charge is 0.348 e. The van der Waals surface area contributed by atoms with Gasteiger partial charge in [-0.1, -0.05) is 46.0 Å². The Morgan fingerprint density at radius 2 is 1.61 bits per heavy atom. The monoisotopic (exact) mass is 321 g/mol. The predicted octanol–water partition coefficient (Wildman–Crippen LogP) is 5.45. The molecule has 1 heterocycles. The Hall–Kier alpha value is -0.590. The van der Waals surface area contributed by atoms with Gasteiger partial charge in [-0.25, -0.2) is 0 Å². The first-order valence-corrected chi connectivity index (χ1v) is 9.91. The van der Waals surface area contributed by atoms with Crippen LogP contribution in [0, 0.1) is 29.1 Å². The molecule has 0 unspecified atom stereocenters. The van der Waals surface area contributed by atoms with Gasteiger partial charge >= 0.3 is 0 Å². The summed E-state index contributed by atoms with van der Waals surface area (Å²) in [6, 6.07) is 2.29. The Morgan fingerprint density at radius 1 is 0.957 bits per heavy atom. The molecule has 0 aromatic rings. The number of nitrogens with zero attached hydrogens (tertiary/aromatic N) is 1. The van der Waals surface area contributed by atoms with Crippen molar-refractivity contribution in [3.63, 3.8) is 0 Å². The summed E-state index contributed by atoms with van der Waals surface area (Å²) in [7, 11) is 0. The maximum atomic E-state index is 9.09. The lowest BCUT2D eigenvalue weighted by Crippen LogP contribution is -2.50. The number of rotatable bonds is 8. The maximum Gasteiger partial charge on any atom is 0.171 e. The number of ether oxygens (including phenoxy) is 2. The molecular weight excluding hydrogens is 286 g/mol. The first kappa shape index (κ1) is 18.7. The summed E-state index contributed by atoms with van der Waals surface area (Å²) in [6.45, 7) is 5.63. The lowest BCUT2D eigenvalue weighted by Gasteiger charge is -2.46. The zero-order valence-corrected chi connectivity index (χ0v) is 15.2. The third-order valence-corrected chi connectivity index (χ3v) is 5.80. The Bertz CT molecular complexity index is 360. The van der Waals surface area contributed by atoms with Crippen molar-refractivity contribution >= 4 is 0 Å². The lowest BCUT2D eigenvalue weighted by atomic mass is 9.74. The molecule has 0 aromatic carbocycles. The summed E-state index contributed by atoms with van der Waals surface area (Å²) >= 11 is 0. The van der Waals surface area contributed by atoms with Gasteiger partial charge in [-0.15, -0.1) is 0 Å². The Kier molecular flexibility index (Phi) is 7.86. The van der Waals surface area contributed by atoms with E-state index in [1.165, 1.54) is 64.2 Å². The second-order valence-corrected chi connectivity index (χ2v) is 7.58. The highest BCUT2D eigenvalue weighted by atomic mass is 16.7. The molecule has 2 rings (SSSR count). The minimum absolute atomic E-state index is 0.0878. The molecule has 132 valence electrons. The van der Waals surface area contributed by atoms with E-state index in [-0.39, 0.29) is 5.92 Å². The van der Waals surface area contributed by atoms with Crippen LogP contribution >= 0.6 is 0 Å². The second kappa shape index (κ2) is 9.64. The van der Waals surface area contributed by atoms with Crippen LogP contribution in [0.1, 0.15) is 84.5 Å². The first-order valence-electron chi connectivity index (χ1n) is 9.91. The molecule has 3 heteroatoms. The molecule has 1 aliphatic carbocycles. The molecule has 0 spiro atoms. The van der Waals surface area contributed by atoms with E-state index in [0.29, 0.717) is 19.1 Å². The third kappa shape index (κ3) is 5.19. The third-order valence-electron chi connectivity index (χ3n) is 5.80. The summed E-state index contributed by atoms with van der Waals surface area (Å²) < 4.78 is 12.5. The lowest BCUT2D eigenvalue weighted by molar-refractivity contribution is -0.311. The van der Waals surface area contributed by atoms with Crippen molar-refractivity contribution in [2.24, 2.45) is 17.8 Å². The summed E-state index contributed by atoms with van der Waals surface area (Å²) in [5, 5.41) is 9.09. The van der Waals surface area contributed by atoms with Gasteiger partial charge in [-0.3, -0.25) is 0 Å². The number of hydrogen-bond acceptors (Lipinski definition) is 3. The molecule has 2 fully saturated rings. The van der Waals surface area contributed by atoms with Gasteiger partial charge in [0.2, 0.25) is 0 Å². The van der Waals surface area contributed by atoms with Gasteiger partial charge in [-0.2, -0.15) is 5.26 Å². The smallest absolute Gasteiger partial charge is 0.171 e. The van der Waals surface area contributed by atoms with E-state index in [4.69, 9.17) is 14.7 Å². The van der Waals surface area contributed by atoms with E-state index in [9.17, 15) is 0 Å². The average molecular weight is 322 g/mol. The van der Waals surface area contributed by atoms with Gasteiger partial charge in [-0.05, 0) is 38.0 Å². The highest BCUT2D eigenvalue weighted by Gasteiger charge is 2.45. The van der Waals surface area contributed by atoms with Crippen molar-refractivity contribution in [1.82, 2.24) is 0 Å². The fraction of sp³-hybridized carbons (Fsp3) is 0.950. The quantitative estimate of drug-likeness (QED) is 0.558. The van der Waals surface area contributed by atoms with E-state index in [1.54, 1.807) is 0 Å². The highest BCUT2D eigenvalue weighted by molar-refractivity contribution is 4.91. The molecule has 2 aliphatic rings. The van der Waals surface area contributed by atoms with Crippen LogP contribution in [0.4, 0.5) is 0 Å². The van der Waals surface area contributed by atoms with Crippen LogP contribution in [0.2, 0.25) is 0 Å². The minimum atomic E-state index is -0.391. The molecule has 0 N–H and O–H groups in total. The van der Waals surface area contributed by atoms with Crippen molar-refractivity contribution in [2.45, 2.75) is 90.3 Å². The molecule has 0 amide bonds. The molecule has 1 saturated carbocycles. The molecule has 0 aromatic heterocycles. The van der Waals surface area contributed by atoms with Crippen LogP contribution in [-0.4, -0.2) is 19.0 Å².